The van der Waals surface area contributed by atoms with Crippen molar-refractivity contribution in [1.29, 1.82) is 0 Å². The Balaban J connectivity index is 3.03. The highest BCUT2D eigenvalue weighted by molar-refractivity contribution is 5.66. The van der Waals surface area contributed by atoms with E-state index in [0.29, 0.717) is 26.4 Å². The maximum absolute atomic E-state index is 10.6. The van der Waals surface area contributed by atoms with Gasteiger partial charge < -0.3 is 19.5 Å². The molecular formula is C9H19NO4. The summed E-state index contributed by atoms with van der Waals surface area (Å²) in [6, 6.07) is 0. The summed E-state index contributed by atoms with van der Waals surface area (Å²) in [6.07, 6.45) is -0.209. The third-order valence-corrected chi connectivity index (χ3v) is 1.38. The maximum atomic E-state index is 10.6. The molecule has 0 aromatic carbocycles. The molecule has 0 fully saturated rings. The summed E-state index contributed by atoms with van der Waals surface area (Å²) >= 11 is 0. The van der Waals surface area contributed by atoms with Crippen LogP contribution in [0.15, 0.2) is 0 Å². The second kappa shape index (κ2) is 8.77. The van der Waals surface area contributed by atoms with Gasteiger partial charge in [0.05, 0.1) is 33.0 Å². The molecule has 0 radical (unpaired) electrons. The van der Waals surface area contributed by atoms with E-state index in [4.69, 9.17) is 9.47 Å². The summed E-state index contributed by atoms with van der Waals surface area (Å²) in [5.74, 6) is 0. The van der Waals surface area contributed by atoms with Crippen molar-refractivity contribution >= 4 is 6.09 Å². The van der Waals surface area contributed by atoms with Crippen LogP contribution in [0.5, 0.6) is 0 Å². The van der Waals surface area contributed by atoms with E-state index in [1.165, 1.54) is 7.11 Å². The lowest BCUT2D eigenvalue weighted by molar-refractivity contribution is 0.0204. The molecule has 0 aromatic rings. The van der Waals surface area contributed by atoms with Crippen molar-refractivity contribution < 1.29 is 19.0 Å². The van der Waals surface area contributed by atoms with E-state index < -0.39 is 6.09 Å². The van der Waals surface area contributed by atoms with Gasteiger partial charge in [0.1, 0.15) is 0 Å². The SMILES string of the molecule is COC(=O)NCCOCCOC(C)C. The molecule has 0 atom stereocenters. The Labute approximate surface area is 84.7 Å². The monoisotopic (exact) mass is 205 g/mol. The molecule has 5 nitrogen and oxygen atoms in total. The maximum Gasteiger partial charge on any atom is 0.406 e. The van der Waals surface area contributed by atoms with Gasteiger partial charge in [-0.1, -0.05) is 0 Å². The normalized spacial score (nSPS) is 10.3. The van der Waals surface area contributed by atoms with Crippen LogP contribution < -0.4 is 5.32 Å². The van der Waals surface area contributed by atoms with Crippen LogP contribution in [0.1, 0.15) is 13.8 Å². The zero-order chi connectivity index (χ0) is 10.8. The lowest BCUT2D eigenvalue weighted by atomic mass is 10.5. The molecule has 0 heterocycles. The predicted molar refractivity (Wildman–Crippen MR) is 52.3 cm³/mol. The summed E-state index contributed by atoms with van der Waals surface area (Å²) < 4.78 is 14.8. The Hall–Kier alpha value is -0.810. The molecule has 0 spiro atoms. The van der Waals surface area contributed by atoms with Gasteiger partial charge >= 0.3 is 6.09 Å². The van der Waals surface area contributed by atoms with Gasteiger partial charge in [-0.05, 0) is 13.8 Å². The van der Waals surface area contributed by atoms with Gasteiger partial charge in [-0.15, -0.1) is 0 Å². The fourth-order valence-corrected chi connectivity index (χ4v) is 0.742. The summed E-state index contributed by atoms with van der Waals surface area (Å²) in [6.45, 7) is 5.99. The molecular weight excluding hydrogens is 186 g/mol. The molecule has 0 aliphatic carbocycles. The molecule has 0 aromatic heterocycles. The highest BCUT2D eigenvalue weighted by Gasteiger charge is 1.96. The van der Waals surface area contributed by atoms with E-state index in [9.17, 15) is 4.79 Å². The Bertz CT molecular complexity index is 150. The van der Waals surface area contributed by atoms with Gasteiger partial charge in [0.25, 0.3) is 0 Å². The topological polar surface area (TPSA) is 56.8 Å². The van der Waals surface area contributed by atoms with Crippen molar-refractivity contribution in [2.24, 2.45) is 0 Å². The van der Waals surface area contributed by atoms with Crippen LogP contribution in [0.2, 0.25) is 0 Å². The Morgan fingerprint density at radius 3 is 2.57 bits per heavy atom. The van der Waals surface area contributed by atoms with Crippen LogP contribution in [0.25, 0.3) is 0 Å². The van der Waals surface area contributed by atoms with Crippen molar-refractivity contribution in [3.05, 3.63) is 0 Å². The smallest absolute Gasteiger partial charge is 0.406 e. The number of amides is 1. The first-order chi connectivity index (χ1) is 6.66. The second-order valence-electron chi connectivity index (χ2n) is 2.95. The molecule has 5 heteroatoms. The third kappa shape index (κ3) is 9.28. The van der Waals surface area contributed by atoms with Gasteiger partial charge in [-0.2, -0.15) is 0 Å². The number of alkyl carbamates (subject to hydrolysis) is 1. The lowest BCUT2D eigenvalue weighted by Crippen LogP contribution is -2.27. The van der Waals surface area contributed by atoms with Gasteiger partial charge in [0, 0.05) is 6.54 Å². The number of hydrogen-bond acceptors (Lipinski definition) is 4. The van der Waals surface area contributed by atoms with Crippen LogP contribution in [0, 0.1) is 0 Å². The molecule has 84 valence electrons. The number of ether oxygens (including phenoxy) is 3. The van der Waals surface area contributed by atoms with Crippen LogP contribution in [-0.2, 0) is 14.2 Å². The van der Waals surface area contributed by atoms with Gasteiger partial charge in [0.15, 0.2) is 0 Å². The molecule has 0 unspecified atom stereocenters. The Morgan fingerprint density at radius 2 is 2.00 bits per heavy atom. The molecule has 0 bridgehead atoms. The second-order valence-corrected chi connectivity index (χ2v) is 2.95. The zero-order valence-corrected chi connectivity index (χ0v) is 9.04. The summed E-state index contributed by atoms with van der Waals surface area (Å²) in [5.41, 5.74) is 0. The zero-order valence-electron chi connectivity index (χ0n) is 9.04. The van der Waals surface area contributed by atoms with Gasteiger partial charge in [-0.3, -0.25) is 0 Å². The number of nitrogens with one attached hydrogen (secondary N) is 1. The van der Waals surface area contributed by atoms with Crippen molar-refractivity contribution in [2.75, 3.05) is 33.5 Å². The largest absolute Gasteiger partial charge is 0.453 e. The first kappa shape index (κ1) is 13.2. The van der Waals surface area contributed by atoms with E-state index in [-0.39, 0.29) is 6.10 Å². The first-order valence-electron chi connectivity index (χ1n) is 4.68. The predicted octanol–water partition coefficient (Wildman–Crippen LogP) is 0.784. The van der Waals surface area contributed by atoms with Crippen LogP contribution in [-0.4, -0.2) is 45.7 Å². The lowest BCUT2D eigenvalue weighted by Gasteiger charge is -2.08. The number of hydrogen-bond donors (Lipinski definition) is 1. The first-order valence-corrected chi connectivity index (χ1v) is 4.68. The summed E-state index contributed by atoms with van der Waals surface area (Å²) in [5, 5.41) is 2.51. The van der Waals surface area contributed by atoms with E-state index in [2.05, 4.69) is 10.1 Å². The number of carbonyl (C=O) groups excluding carboxylic acids is 1. The Morgan fingerprint density at radius 1 is 1.29 bits per heavy atom. The molecule has 0 aliphatic rings. The van der Waals surface area contributed by atoms with Crippen molar-refractivity contribution in [3.8, 4) is 0 Å². The number of carbonyl (C=O) groups is 1. The van der Waals surface area contributed by atoms with Crippen molar-refractivity contribution in [2.45, 2.75) is 20.0 Å². The van der Waals surface area contributed by atoms with E-state index in [0.717, 1.165) is 0 Å². The molecule has 1 N–H and O–H groups in total. The molecule has 0 aliphatic heterocycles. The van der Waals surface area contributed by atoms with Gasteiger partial charge in [0.2, 0.25) is 0 Å². The van der Waals surface area contributed by atoms with Crippen LogP contribution in [0.3, 0.4) is 0 Å². The minimum atomic E-state index is -0.438. The highest BCUT2D eigenvalue weighted by Crippen LogP contribution is 1.86. The average Bonchev–Trinajstić information content (AvgIpc) is 2.15. The third-order valence-electron chi connectivity index (χ3n) is 1.38. The summed E-state index contributed by atoms with van der Waals surface area (Å²) in [4.78, 5) is 10.6. The number of rotatable bonds is 7. The minimum Gasteiger partial charge on any atom is -0.453 e. The summed E-state index contributed by atoms with van der Waals surface area (Å²) in [7, 11) is 1.33. The van der Waals surface area contributed by atoms with Crippen molar-refractivity contribution in [1.82, 2.24) is 5.32 Å². The van der Waals surface area contributed by atoms with E-state index >= 15 is 0 Å². The fourth-order valence-electron chi connectivity index (χ4n) is 0.742. The molecule has 0 saturated carbocycles. The highest BCUT2D eigenvalue weighted by atomic mass is 16.5. The van der Waals surface area contributed by atoms with Crippen LogP contribution >= 0.6 is 0 Å². The average molecular weight is 205 g/mol. The fraction of sp³-hybridized carbons (Fsp3) is 0.889. The van der Waals surface area contributed by atoms with Crippen LogP contribution in [0.4, 0.5) is 4.79 Å². The Kier molecular flexibility index (Phi) is 8.27. The quantitative estimate of drug-likeness (QED) is 0.624. The molecule has 14 heavy (non-hydrogen) atoms. The number of methoxy groups -OCH3 is 1. The standard InChI is InChI=1S/C9H19NO4/c1-8(2)14-7-6-13-5-4-10-9(11)12-3/h8H,4-7H2,1-3H3,(H,10,11). The van der Waals surface area contributed by atoms with E-state index in [1.54, 1.807) is 0 Å². The molecule has 0 saturated heterocycles. The van der Waals surface area contributed by atoms with E-state index in [1.807, 2.05) is 13.8 Å². The molecule has 0 rings (SSSR count). The minimum absolute atomic E-state index is 0.229. The van der Waals surface area contributed by atoms with Crippen molar-refractivity contribution in [3.63, 3.8) is 0 Å². The molecule has 1 amide bonds. The van der Waals surface area contributed by atoms with Gasteiger partial charge in [-0.25, -0.2) is 4.79 Å².